The molecule has 1 N–H and O–H groups in total. The summed E-state index contributed by atoms with van der Waals surface area (Å²) in [5.41, 5.74) is 1.41. The van der Waals surface area contributed by atoms with Crippen LogP contribution in [0.4, 0.5) is 0 Å². The van der Waals surface area contributed by atoms with Crippen LogP contribution in [0.25, 0.3) is 0 Å². The zero-order chi connectivity index (χ0) is 15.3. The fourth-order valence-corrected chi connectivity index (χ4v) is 3.12. The van der Waals surface area contributed by atoms with Gasteiger partial charge in [-0.3, -0.25) is 4.79 Å². The third-order valence-corrected chi connectivity index (χ3v) is 4.34. The number of hydrogen-bond acceptors (Lipinski definition) is 3. The van der Waals surface area contributed by atoms with Crippen molar-refractivity contribution in [2.75, 3.05) is 0 Å². The molecule has 0 aromatic heterocycles. The second-order valence-corrected chi connectivity index (χ2v) is 6.60. The minimum atomic E-state index is -3.99. The van der Waals surface area contributed by atoms with Gasteiger partial charge in [-0.25, -0.2) is 4.57 Å². The Morgan fingerprint density at radius 1 is 1.10 bits per heavy atom. The largest absolute Gasteiger partial charge is 0.391 e. The lowest BCUT2D eigenvalue weighted by Crippen LogP contribution is -2.12. The maximum atomic E-state index is 12.0. The van der Waals surface area contributed by atoms with E-state index in [1.807, 2.05) is 24.3 Å². The maximum absolute atomic E-state index is 12.0. The summed E-state index contributed by atoms with van der Waals surface area (Å²) in [7, 11) is -3.99. The topological polar surface area (TPSA) is 63.6 Å². The molecule has 0 aliphatic rings. The van der Waals surface area contributed by atoms with Crippen LogP contribution >= 0.6 is 7.60 Å². The number of rotatable bonds is 5. The summed E-state index contributed by atoms with van der Waals surface area (Å²) in [6.45, 7) is 1.65. The molecule has 0 amide bonds. The van der Waals surface area contributed by atoms with Gasteiger partial charge in [0.05, 0.1) is 12.1 Å². The monoisotopic (exact) mass is 304 g/mol. The first-order valence-electron chi connectivity index (χ1n) is 6.62. The molecule has 21 heavy (non-hydrogen) atoms. The Kier molecular flexibility index (Phi) is 4.94. The van der Waals surface area contributed by atoms with Crippen LogP contribution in [0.15, 0.2) is 60.7 Å². The number of carbonyl (C=O) groups is 1. The van der Waals surface area contributed by atoms with E-state index in [1.54, 1.807) is 43.3 Å². The van der Waals surface area contributed by atoms with Crippen LogP contribution in [0.1, 0.15) is 24.0 Å². The van der Waals surface area contributed by atoms with Gasteiger partial charge in [-0.05, 0) is 18.1 Å². The van der Waals surface area contributed by atoms with E-state index in [9.17, 15) is 14.3 Å². The average Bonchev–Trinajstić information content (AvgIpc) is 2.47. The molecule has 2 rings (SSSR count). The lowest BCUT2D eigenvalue weighted by Gasteiger charge is -2.16. The summed E-state index contributed by atoms with van der Waals surface area (Å²) in [4.78, 5) is 21.8. The van der Waals surface area contributed by atoms with Gasteiger partial charge in [0.25, 0.3) is 0 Å². The standard InChI is InChI=1S/C16H17O4P/c1-13(15-10-6-3-7-11-15)16(17)20-21(18,19)12-14-8-4-2-5-9-14/h2-11,13H,12H2,1H3,(H,18,19). The molecule has 0 radical (unpaired) electrons. The van der Waals surface area contributed by atoms with E-state index < -0.39 is 19.5 Å². The Hall–Kier alpha value is -1.90. The summed E-state index contributed by atoms with van der Waals surface area (Å²) >= 11 is 0. The Labute approximate surface area is 123 Å². The normalized spacial score (nSPS) is 15.0. The molecule has 0 heterocycles. The third kappa shape index (κ3) is 4.55. The number of benzene rings is 2. The smallest absolute Gasteiger partial charge is 0.383 e. The zero-order valence-electron chi connectivity index (χ0n) is 11.7. The highest BCUT2D eigenvalue weighted by Crippen LogP contribution is 2.46. The Morgan fingerprint density at radius 2 is 1.62 bits per heavy atom. The second kappa shape index (κ2) is 6.70. The van der Waals surface area contributed by atoms with Gasteiger partial charge < -0.3 is 9.42 Å². The zero-order valence-corrected chi connectivity index (χ0v) is 12.6. The summed E-state index contributed by atoms with van der Waals surface area (Å²) in [6, 6.07) is 17.8. The first-order chi connectivity index (χ1) is 9.98. The first-order valence-corrected chi connectivity index (χ1v) is 8.38. The third-order valence-electron chi connectivity index (χ3n) is 3.11. The molecular formula is C16H17O4P. The van der Waals surface area contributed by atoms with Crippen LogP contribution in [0.3, 0.4) is 0 Å². The molecule has 2 aromatic rings. The molecule has 2 unspecified atom stereocenters. The fourth-order valence-electron chi connectivity index (χ4n) is 1.94. The van der Waals surface area contributed by atoms with Gasteiger partial charge in [-0.15, -0.1) is 0 Å². The van der Waals surface area contributed by atoms with Crippen LogP contribution in [-0.4, -0.2) is 10.9 Å². The second-order valence-electron chi connectivity index (χ2n) is 4.82. The van der Waals surface area contributed by atoms with Crippen molar-refractivity contribution in [1.82, 2.24) is 0 Å². The molecule has 2 atom stereocenters. The van der Waals surface area contributed by atoms with E-state index in [0.29, 0.717) is 5.56 Å². The summed E-state index contributed by atoms with van der Waals surface area (Å²) in [5, 5.41) is 0. The molecule has 0 bridgehead atoms. The van der Waals surface area contributed by atoms with Gasteiger partial charge in [0.15, 0.2) is 0 Å². The van der Waals surface area contributed by atoms with Gasteiger partial charge in [0.1, 0.15) is 0 Å². The van der Waals surface area contributed by atoms with Gasteiger partial charge in [0, 0.05) is 0 Å². The first kappa shape index (κ1) is 15.5. The van der Waals surface area contributed by atoms with Crippen molar-refractivity contribution in [3.05, 3.63) is 71.8 Å². The van der Waals surface area contributed by atoms with Crippen molar-refractivity contribution in [2.24, 2.45) is 0 Å². The molecule has 0 saturated heterocycles. The van der Waals surface area contributed by atoms with Crippen LogP contribution in [0.5, 0.6) is 0 Å². The molecule has 0 spiro atoms. The van der Waals surface area contributed by atoms with Crippen LogP contribution < -0.4 is 0 Å². The highest BCUT2D eigenvalue weighted by Gasteiger charge is 2.28. The van der Waals surface area contributed by atoms with Crippen LogP contribution in [0.2, 0.25) is 0 Å². The molecule has 0 saturated carbocycles. The summed E-state index contributed by atoms with van der Waals surface area (Å²) < 4.78 is 16.9. The number of hydrogen-bond donors (Lipinski definition) is 1. The molecule has 0 fully saturated rings. The van der Waals surface area contributed by atoms with Crippen molar-refractivity contribution in [3.63, 3.8) is 0 Å². The quantitative estimate of drug-likeness (QED) is 0.855. The van der Waals surface area contributed by atoms with E-state index in [-0.39, 0.29) is 6.16 Å². The molecule has 0 aliphatic heterocycles. The van der Waals surface area contributed by atoms with Gasteiger partial charge >= 0.3 is 13.6 Å². The number of carbonyl (C=O) groups excluding carboxylic acids is 1. The van der Waals surface area contributed by atoms with Crippen LogP contribution in [0, 0.1) is 0 Å². The lowest BCUT2D eigenvalue weighted by molar-refractivity contribution is -0.136. The van der Waals surface area contributed by atoms with Crippen molar-refractivity contribution in [1.29, 1.82) is 0 Å². The van der Waals surface area contributed by atoms with E-state index >= 15 is 0 Å². The molecular weight excluding hydrogens is 287 g/mol. The molecule has 0 aliphatic carbocycles. The highest BCUT2D eigenvalue weighted by molar-refractivity contribution is 7.52. The van der Waals surface area contributed by atoms with Gasteiger partial charge in [-0.2, -0.15) is 0 Å². The van der Waals surface area contributed by atoms with Gasteiger partial charge in [-0.1, -0.05) is 60.7 Å². The van der Waals surface area contributed by atoms with Gasteiger partial charge in [0.2, 0.25) is 0 Å². The molecule has 5 heteroatoms. The maximum Gasteiger partial charge on any atom is 0.383 e. The fraction of sp³-hybridized carbons (Fsp3) is 0.188. The Bertz CT molecular complexity index is 640. The van der Waals surface area contributed by atoms with Crippen LogP contribution in [-0.2, 0) is 20.0 Å². The lowest BCUT2D eigenvalue weighted by atomic mass is 10.0. The SMILES string of the molecule is CC(C(=O)OP(=O)(O)Cc1ccccc1)c1ccccc1. The predicted molar refractivity (Wildman–Crippen MR) is 80.9 cm³/mol. The Morgan fingerprint density at radius 3 is 2.19 bits per heavy atom. The molecule has 2 aromatic carbocycles. The Balaban J connectivity index is 2.03. The highest BCUT2D eigenvalue weighted by atomic mass is 31.2. The molecule has 4 nitrogen and oxygen atoms in total. The van der Waals surface area contributed by atoms with E-state index in [2.05, 4.69) is 0 Å². The van der Waals surface area contributed by atoms with E-state index in [1.165, 1.54) is 0 Å². The predicted octanol–water partition coefficient (Wildman–Crippen LogP) is 3.72. The van der Waals surface area contributed by atoms with E-state index in [4.69, 9.17) is 4.52 Å². The average molecular weight is 304 g/mol. The van der Waals surface area contributed by atoms with Crippen molar-refractivity contribution in [3.8, 4) is 0 Å². The summed E-state index contributed by atoms with van der Waals surface area (Å²) in [5.74, 6) is -1.27. The minimum Gasteiger partial charge on any atom is -0.391 e. The summed E-state index contributed by atoms with van der Waals surface area (Å²) in [6.07, 6.45) is -0.179. The van der Waals surface area contributed by atoms with Crippen molar-refractivity contribution >= 4 is 13.6 Å². The minimum absolute atomic E-state index is 0.179. The van der Waals surface area contributed by atoms with Crippen molar-refractivity contribution < 1.29 is 18.8 Å². The molecule has 110 valence electrons. The van der Waals surface area contributed by atoms with E-state index in [0.717, 1.165) is 5.56 Å². The van der Waals surface area contributed by atoms with Crippen molar-refractivity contribution in [2.45, 2.75) is 19.0 Å².